The van der Waals surface area contributed by atoms with Crippen LogP contribution >= 0.6 is 11.6 Å². The monoisotopic (exact) mass is 598 g/mol. The van der Waals surface area contributed by atoms with E-state index in [0.29, 0.717) is 44.1 Å². The van der Waals surface area contributed by atoms with Crippen LogP contribution in [0, 0.1) is 11.8 Å². The van der Waals surface area contributed by atoms with Gasteiger partial charge in [-0.3, -0.25) is 4.79 Å². The minimum absolute atomic E-state index is 0.189. The molecule has 1 spiro atoms. The fraction of sp³-hybridized carbons (Fsp3) is 0.531. The number of sulfonamides is 1. The first kappa shape index (κ1) is 28.6. The highest BCUT2D eigenvalue weighted by Crippen LogP contribution is 2.47. The number of hydrogen-bond donors (Lipinski definition) is 2. The normalized spacial score (nSPS) is 32.0. The lowest BCUT2D eigenvalue weighted by Crippen LogP contribution is -2.49. The van der Waals surface area contributed by atoms with Crippen LogP contribution in [0.2, 0.25) is 5.02 Å². The fourth-order valence-corrected chi connectivity index (χ4v) is 8.80. The molecule has 2 aliphatic carbocycles. The van der Waals surface area contributed by atoms with Gasteiger partial charge in [0.05, 0.1) is 23.6 Å². The van der Waals surface area contributed by atoms with Crippen LogP contribution in [0.5, 0.6) is 5.75 Å². The number of nitrogens with one attached hydrogen (secondary N) is 1. The highest BCUT2D eigenvalue weighted by Gasteiger charge is 2.44. The van der Waals surface area contributed by atoms with E-state index in [4.69, 9.17) is 16.3 Å². The number of carbonyl (C=O) groups excluding carboxylic acids is 1. The Balaban J connectivity index is 1.42. The summed E-state index contributed by atoms with van der Waals surface area (Å²) in [6, 6.07) is 11.4. The van der Waals surface area contributed by atoms with Crippen LogP contribution < -0.4 is 14.4 Å². The number of anilines is 1. The Bertz CT molecular complexity index is 1460. The van der Waals surface area contributed by atoms with Gasteiger partial charge in [0.15, 0.2) is 0 Å². The fourth-order valence-electron chi connectivity index (χ4n) is 7.32. The van der Waals surface area contributed by atoms with Crippen LogP contribution in [-0.2, 0) is 21.9 Å². The van der Waals surface area contributed by atoms with Gasteiger partial charge in [0, 0.05) is 29.1 Å². The lowest BCUT2D eigenvalue weighted by atomic mass is 9.68. The van der Waals surface area contributed by atoms with Gasteiger partial charge >= 0.3 is 0 Å². The van der Waals surface area contributed by atoms with E-state index >= 15 is 0 Å². The van der Waals surface area contributed by atoms with Crippen molar-refractivity contribution in [2.75, 3.05) is 24.6 Å². The number of allylic oxidation sites excluding steroid dienone is 1. The van der Waals surface area contributed by atoms with E-state index in [-0.39, 0.29) is 16.9 Å². The van der Waals surface area contributed by atoms with Crippen molar-refractivity contribution in [3.63, 3.8) is 0 Å². The highest BCUT2D eigenvalue weighted by molar-refractivity contribution is 7.90. The van der Waals surface area contributed by atoms with E-state index in [1.165, 1.54) is 11.1 Å². The van der Waals surface area contributed by atoms with Crippen molar-refractivity contribution >= 4 is 33.2 Å². The van der Waals surface area contributed by atoms with E-state index < -0.39 is 27.3 Å². The molecule has 1 fully saturated rings. The number of nitrogens with zero attached hydrogens (tertiary/aromatic N) is 1. The molecular formula is C32H39ClN2O5S. The molecule has 41 heavy (non-hydrogen) atoms. The van der Waals surface area contributed by atoms with Crippen molar-refractivity contribution in [2.45, 2.75) is 75.1 Å². The number of rotatable bonds is 1. The zero-order valence-corrected chi connectivity index (χ0v) is 25.1. The smallest absolute Gasteiger partial charge is 0.264 e. The molecule has 6 rings (SSSR count). The Labute approximate surface area is 248 Å². The number of aliphatic hydroxyl groups is 1. The summed E-state index contributed by atoms with van der Waals surface area (Å²) >= 11 is 6.38. The quantitative estimate of drug-likeness (QED) is 0.428. The lowest BCUT2D eigenvalue weighted by molar-refractivity contribution is 0.0111. The predicted molar refractivity (Wildman–Crippen MR) is 161 cm³/mol. The van der Waals surface area contributed by atoms with Crippen LogP contribution in [0.1, 0.15) is 73.4 Å². The number of fused-ring (bicyclic) bond motifs is 4. The van der Waals surface area contributed by atoms with E-state index in [1.807, 2.05) is 12.1 Å². The summed E-state index contributed by atoms with van der Waals surface area (Å²) in [5, 5.41) is 11.0. The van der Waals surface area contributed by atoms with Crippen molar-refractivity contribution in [1.29, 1.82) is 0 Å². The van der Waals surface area contributed by atoms with Crippen molar-refractivity contribution < 1.29 is 23.1 Å². The standard InChI is InChI=1S/C32H39ClN2O5S/c1-2-25-7-3-4-8-29(36)26-12-9-23(26)18-35-19-32(15-5-6-21-16-24(33)11-13-27(21)32)20-40-30-14-10-22(17-28(30)35)31(37)34-41(25,38)39/h3,7,10-11,13-14,16-17,23,25-26,29,36H,2,4-6,8-9,12,15,18-20H2,1H3,(H,34,37)/b7-3+/t23-,25+,26+,29-,32-/m0/s1. The molecule has 4 aliphatic rings. The molecule has 9 heteroatoms. The number of aryl methyl sites for hydroxylation is 1. The molecule has 0 saturated heterocycles. The number of aliphatic hydroxyl groups excluding tert-OH is 1. The van der Waals surface area contributed by atoms with E-state index in [0.717, 1.165) is 49.4 Å². The molecule has 2 aromatic carbocycles. The Hall–Kier alpha value is -2.55. The van der Waals surface area contributed by atoms with Crippen molar-refractivity contribution in [3.8, 4) is 5.75 Å². The summed E-state index contributed by atoms with van der Waals surface area (Å²) in [5.74, 6) is 0.559. The number of benzene rings is 2. The van der Waals surface area contributed by atoms with Gasteiger partial charge in [0.2, 0.25) is 10.0 Å². The van der Waals surface area contributed by atoms with Crippen molar-refractivity contribution in [3.05, 3.63) is 70.3 Å². The minimum Gasteiger partial charge on any atom is -0.490 e. The third kappa shape index (κ3) is 5.51. The third-order valence-corrected chi connectivity index (χ3v) is 11.7. The lowest BCUT2D eigenvalue weighted by Gasteiger charge is -2.45. The number of hydrogen-bond acceptors (Lipinski definition) is 6. The maximum Gasteiger partial charge on any atom is 0.264 e. The molecule has 2 bridgehead atoms. The van der Waals surface area contributed by atoms with E-state index in [2.05, 4.69) is 21.8 Å². The third-order valence-electron chi connectivity index (χ3n) is 9.74. The number of ether oxygens (including phenoxy) is 1. The molecule has 0 unspecified atom stereocenters. The first-order chi connectivity index (χ1) is 19.7. The van der Waals surface area contributed by atoms with Gasteiger partial charge in [0.25, 0.3) is 5.91 Å². The molecule has 0 radical (unpaired) electrons. The second-order valence-corrected chi connectivity index (χ2v) is 14.6. The van der Waals surface area contributed by atoms with Crippen LogP contribution in [0.15, 0.2) is 48.6 Å². The van der Waals surface area contributed by atoms with Crippen LogP contribution in [0.25, 0.3) is 0 Å². The summed E-state index contributed by atoms with van der Waals surface area (Å²) in [4.78, 5) is 15.6. The molecule has 7 nitrogen and oxygen atoms in total. The number of halogens is 1. The number of carbonyl (C=O) groups is 1. The van der Waals surface area contributed by atoms with Crippen LogP contribution in [-0.4, -0.2) is 50.5 Å². The van der Waals surface area contributed by atoms with Gasteiger partial charge in [-0.25, -0.2) is 13.1 Å². The first-order valence-electron chi connectivity index (χ1n) is 14.9. The van der Waals surface area contributed by atoms with Gasteiger partial charge in [-0.05, 0) is 105 Å². The van der Waals surface area contributed by atoms with E-state index in [9.17, 15) is 18.3 Å². The van der Waals surface area contributed by atoms with Crippen LogP contribution in [0.3, 0.4) is 0 Å². The maximum absolute atomic E-state index is 13.3. The Morgan fingerprint density at radius 1 is 1.17 bits per heavy atom. The molecule has 5 atom stereocenters. The Morgan fingerprint density at radius 3 is 2.80 bits per heavy atom. The molecule has 1 saturated carbocycles. The zero-order valence-electron chi connectivity index (χ0n) is 23.5. The van der Waals surface area contributed by atoms with Crippen molar-refractivity contribution in [1.82, 2.24) is 4.72 Å². The molecule has 2 aliphatic heterocycles. The SMILES string of the molecule is CC[C@@H]1/C=C/CC[C@H](O)[C@@H]2CC[C@H]2CN2C[C@@]3(CCCc4cc(Cl)ccc43)COc3ccc(cc32)C(=O)NS1(=O)=O. The first-order valence-corrected chi connectivity index (χ1v) is 16.8. The van der Waals surface area contributed by atoms with Gasteiger partial charge in [-0.2, -0.15) is 0 Å². The molecule has 220 valence electrons. The summed E-state index contributed by atoms with van der Waals surface area (Å²) in [6.07, 6.45) is 9.55. The maximum atomic E-state index is 13.3. The second kappa shape index (κ2) is 11.3. The van der Waals surface area contributed by atoms with Gasteiger partial charge in [-0.1, -0.05) is 36.7 Å². The summed E-state index contributed by atoms with van der Waals surface area (Å²) < 4.78 is 35.1. The average Bonchev–Trinajstić information content (AvgIpc) is 3.07. The molecule has 2 N–H and O–H groups in total. The molecule has 1 amide bonds. The average molecular weight is 599 g/mol. The summed E-state index contributed by atoms with van der Waals surface area (Å²) in [6.45, 7) is 3.74. The van der Waals surface area contributed by atoms with Crippen LogP contribution in [0.4, 0.5) is 5.69 Å². The van der Waals surface area contributed by atoms with Gasteiger partial charge < -0.3 is 14.7 Å². The van der Waals surface area contributed by atoms with Crippen molar-refractivity contribution in [2.24, 2.45) is 11.8 Å². The summed E-state index contributed by atoms with van der Waals surface area (Å²) in [5.41, 5.74) is 3.35. The largest absolute Gasteiger partial charge is 0.490 e. The minimum atomic E-state index is -3.93. The second-order valence-electron chi connectivity index (χ2n) is 12.3. The zero-order chi connectivity index (χ0) is 28.8. The van der Waals surface area contributed by atoms with Gasteiger partial charge in [0.1, 0.15) is 5.75 Å². The predicted octanol–water partition coefficient (Wildman–Crippen LogP) is 5.39. The number of amides is 1. The summed E-state index contributed by atoms with van der Waals surface area (Å²) in [7, 11) is -3.93. The van der Waals surface area contributed by atoms with E-state index in [1.54, 1.807) is 31.2 Å². The highest BCUT2D eigenvalue weighted by atomic mass is 35.5. The molecular weight excluding hydrogens is 560 g/mol. The van der Waals surface area contributed by atoms with Gasteiger partial charge in [-0.15, -0.1) is 0 Å². The Kier molecular flexibility index (Phi) is 7.85. The topological polar surface area (TPSA) is 95.9 Å². The Morgan fingerprint density at radius 2 is 2.02 bits per heavy atom. The molecule has 0 aromatic heterocycles. The molecule has 2 aromatic rings. The molecule has 2 heterocycles.